The van der Waals surface area contributed by atoms with Crippen LogP contribution >= 0.6 is 0 Å². The quantitative estimate of drug-likeness (QED) is 0.891. The van der Waals surface area contributed by atoms with Crippen molar-refractivity contribution in [2.24, 2.45) is 5.92 Å². The molecule has 1 amide bonds. The first-order chi connectivity index (χ1) is 12.0. The van der Waals surface area contributed by atoms with Crippen LogP contribution in [0.4, 0.5) is 0 Å². The summed E-state index contributed by atoms with van der Waals surface area (Å²) in [5.74, 6) is 0.658. The van der Waals surface area contributed by atoms with Crippen LogP contribution in [-0.4, -0.2) is 43.4 Å². The van der Waals surface area contributed by atoms with Gasteiger partial charge in [-0.05, 0) is 44.6 Å². The average Bonchev–Trinajstić information content (AvgIpc) is 3.07. The molecule has 1 unspecified atom stereocenters. The number of carbonyl (C=O) groups excluding carboxylic acids is 1. The zero-order valence-electron chi connectivity index (χ0n) is 14.9. The summed E-state index contributed by atoms with van der Waals surface area (Å²) in [4.78, 5) is 36.7. The number of nitrogens with one attached hydrogen (secondary N) is 1. The molecule has 2 aromatic rings. The molecule has 0 bridgehead atoms. The Labute approximate surface area is 147 Å². The van der Waals surface area contributed by atoms with Gasteiger partial charge in [-0.2, -0.15) is 4.98 Å². The summed E-state index contributed by atoms with van der Waals surface area (Å²) >= 11 is 0. The van der Waals surface area contributed by atoms with Crippen molar-refractivity contribution in [3.8, 4) is 0 Å². The van der Waals surface area contributed by atoms with E-state index >= 15 is 0 Å². The second kappa shape index (κ2) is 7.63. The van der Waals surface area contributed by atoms with Crippen molar-refractivity contribution in [3.05, 3.63) is 46.2 Å². The van der Waals surface area contributed by atoms with Crippen molar-refractivity contribution in [1.82, 2.24) is 24.4 Å². The van der Waals surface area contributed by atoms with Crippen molar-refractivity contribution in [2.75, 3.05) is 13.1 Å². The zero-order valence-corrected chi connectivity index (χ0v) is 14.9. The normalized spacial score (nSPS) is 17.7. The minimum Gasteiger partial charge on any atom is -0.342 e. The van der Waals surface area contributed by atoms with Crippen molar-refractivity contribution >= 4 is 5.91 Å². The number of hydrogen-bond donors (Lipinski definition) is 1. The van der Waals surface area contributed by atoms with Crippen LogP contribution in [0.1, 0.15) is 36.2 Å². The van der Waals surface area contributed by atoms with Gasteiger partial charge >= 0.3 is 5.69 Å². The van der Waals surface area contributed by atoms with Gasteiger partial charge in [-0.25, -0.2) is 9.78 Å². The third-order valence-electron chi connectivity index (χ3n) is 4.94. The van der Waals surface area contributed by atoms with Gasteiger partial charge in [-0.3, -0.25) is 4.79 Å². The van der Waals surface area contributed by atoms with Crippen LogP contribution in [0.15, 0.2) is 23.5 Å². The van der Waals surface area contributed by atoms with E-state index in [2.05, 4.69) is 19.5 Å². The van der Waals surface area contributed by atoms with Gasteiger partial charge in [0.2, 0.25) is 5.91 Å². The van der Waals surface area contributed by atoms with Gasteiger partial charge in [0.25, 0.3) is 0 Å². The number of H-pyrrole nitrogens is 1. The number of likely N-dealkylation sites (tertiary alicyclic amines) is 1. The van der Waals surface area contributed by atoms with E-state index in [1.54, 1.807) is 6.20 Å². The smallest absolute Gasteiger partial charge is 0.342 e. The topological polar surface area (TPSA) is 83.9 Å². The summed E-state index contributed by atoms with van der Waals surface area (Å²) in [6.07, 6.45) is 8.84. The molecule has 3 heterocycles. The van der Waals surface area contributed by atoms with Crippen LogP contribution in [0.25, 0.3) is 0 Å². The van der Waals surface area contributed by atoms with Crippen molar-refractivity contribution in [1.29, 1.82) is 0 Å². The van der Waals surface area contributed by atoms with E-state index in [9.17, 15) is 9.59 Å². The minimum atomic E-state index is -0.330. The molecule has 0 aliphatic carbocycles. The van der Waals surface area contributed by atoms with Crippen molar-refractivity contribution in [3.63, 3.8) is 0 Å². The lowest BCUT2D eigenvalue weighted by atomic mass is 9.97. The lowest BCUT2D eigenvalue weighted by molar-refractivity contribution is -0.133. The van der Waals surface area contributed by atoms with Crippen LogP contribution in [0.5, 0.6) is 0 Å². The minimum absolute atomic E-state index is 0.181. The lowest BCUT2D eigenvalue weighted by Crippen LogP contribution is -2.41. The van der Waals surface area contributed by atoms with E-state index in [1.807, 2.05) is 31.3 Å². The number of aryl methyl sites for hydroxylation is 2. The average molecular weight is 343 g/mol. The van der Waals surface area contributed by atoms with Gasteiger partial charge in [-0.1, -0.05) is 0 Å². The maximum absolute atomic E-state index is 12.6. The summed E-state index contributed by atoms with van der Waals surface area (Å²) in [5.41, 5.74) is 2.16. The van der Waals surface area contributed by atoms with Gasteiger partial charge in [0, 0.05) is 49.8 Å². The third kappa shape index (κ3) is 4.35. The van der Waals surface area contributed by atoms with Crippen LogP contribution in [0.3, 0.4) is 0 Å². The van der Waals surface area contributed by atoms with Gasteiger partial charge in [0.15, 0.2) is 0 Å². The molecule has 1 aliphatic heterocycles. The Hall–Kier alpha value is -2.44. The number of nitrogens with zero attached hydrogens (tertiary/aromatic N) is 4. The molecule has 1 N–H and O–H groups in total. The Balaban J connectivity index is 1.57. The molecular formula is C18H25N5O2. The SMILES string of the molecule is Cc1nc(=O)[nH]c(C)c1CCC(=O)N1CCCC(Cn2ccnc2)C1. The summed E-state index contributed by atoms with van der Waals surface area (Å²) < 4.78 is 2.08. The molecule has 7 heteroatoms. The van der Waals surface area contributed by atoms with Crippen LogP contribution in [-0.2, 0) is 17.8 Å². The molecule has 134 valence electrons. The fraction of sp³-hybridized carbons (Fsp3) is 0.556. The number of piperidine rings is 1. The number of aromatic amines is 1. The number of hydrogen-bond acceptors (Lipinski definition) is 4. The first-order valence-corrected chi connectivity index (χ1v) is 8.83. The molecule has 3 rings (SSSR count). The van der Waals surface area contributed by atoms with E-state index in [0.717, 1.165) is 43.7 Å². The molecule has 1 saturated heterocycles. The van der Waals surface area contributed by atoms with Crippen LogP contribution in [0.2, 0.25) is 0 Å². The molecule has 1 aliphatic rings. The monoisotopic (exact) mass is 343 g/mol. The molecule has 0 spiro atoms. The molecule has 1 atom stereocenters. The Morgan fingerprint density at radius 3 is 2.96 bits per heavy atom. The van der Waals surface area contributed by atoms with Crippen molar-refractivity contribution in [2.45, 2.75) is 46.1 Å². The molecule has 0 saturated carbocycles. The van der Waals surface area contributed by atoms with E-state index < -0.39 is 0 Å². The Kier molecular flexibility index (Phi) is 5.31. The molecule has 0 aromatic carbocycles. The first kappa shape index (κ1) is 17.4. The van der Waals surface area contributed by atoms with E-state index in [0.29, 0.717) is 24.5 Å². The Morgan fingerprint density at radius 1 is 1.40 bits per heavy atom. The third-order valence-corrected chi connectivity index (χ3v) is 4.94. The number of imidazole rings is 1. The summed E-state index contributed by atoms with van der Waals surface area (Å²) in [5, 5.41) is 0. The van der Waals surface area contributed by atoms with Crippen LogP contribution in [0, 0.1) is 19.8 Å². The highest BCUT2D eigenvalue weighted by molar-refractivity contribution is 5.76. The highest BCUT2D eigenvalue weighted by atomic mass is 16.2. The standard InChI is InChI=1S/C18H25N5O2/c1-13-16(14(2)21-18(25)20-13)5-6-17(24)23-8-3-4-15(11-23)10-22-9-7-19-12-22/h7,9,12,15H,3-6,8,10-11H2,1-2H3,(H,20,21,25). The number of aromatic nitrogens is 4. The molecule has 1 fully saturated rings. The molecule has 25 heavy (non-hydrogen) atoms. The molecule has 0 radical (unpaired) electrons. The highest BCUT2D eigenvalue weighted by Crippen LogP contribution is 2.20. The molecular weight excluding hydrogens is 318 g/mol. The summed E-state index contributed by atoms with van der Waals surface area (Å²) in [6, 6.07) is 0. The van der Waals surface area contributed by atoms with Gasteiger partial charge in [0.05, 0.1) is 6.33 Å². The largest absolute Gasteiger partial charge is 0.345 e. The van der Waals surface area contributed by atoms with E-state index in [1.165, 1.54) is 0 Å². The highest BCUT2D eigenvalue weighted by Gasteiger charge is 2.24. The number of amides is 1. The molecule has 7 nitrogen and oxygen atoms in total. The number of rotatable bonds is 5. The van der Waals surface area contributed by atoms with Gasteiger partial charge < -0.3 is 14.5 Å². The van der Waals surface area contributed by atoms with E-state index in [4.69, 9.17) is 0 Å². The Bertz CT molecular complexity index is 755. The first-order valence-electron chi connectivity index (χ1n) is 8.83. The summed E-state index contributed by atoms with van der Waals surface area (Å²) in [7, 11) is 0. The van der Waals surface area contributed by atoms with Gasteiger partial charge in [-0.15, -0.1) is 0 Å². The fourth-order valence-corrected chi connectivity index (χ4v) is 3.65. The lowest BCUT2D eigenvalue weighted by Gasteiger charge is -2.33. The predicted molar refractivity (Wildman–Crippen MR) is 94.2 cm³/mol. The fourth-order valence-electron chi connectivity index (χ4n) is 3.65. The second-order valence-corrected chi connectivity index (χ2v) is 6.84. The molecule has 2 aromatic heterocycles. The summed E-state index contributed by atoms with van der Waals surface area (Å²) in [6.45, 7) is 6.23. The van der Waals surface area contributed by atoms with E-state index in [-0.39, 0.29) is 11.6 Å². The maximum Gasteiger partial charge on any atom is 0.345 e. The maximum atomic E-state index is 12.6. The Morgan fingerprint density at radius 2 is 2.24 bits per heavy atom. The number of carbonyl (C=O) groups is 1. The second-order valence-electron chi connectivity index (χ2n) is 6.84. The van der Waals surface area contributed by atoms with Crippen molar-refractivity contribution < 1.29 is 4.79 Å². The van der Waals surface area contributed by atoms with Crippen LogP contribution < -0.4 is 5.69 Å². The predicted octanol–water partition coefficient (Wildman–Crippen LogP) is 1.45. The zero-order chi connectivity index (χ0) is 17.8. The van der Waals surface area contributed by atoms with Gasteiger partial charge in [0.1, 0.15) is 0 Å².